The number of aryl methyl sites for hydroxylation is 1. The van der Waals surface area contributed by atoms with Crippen LogP contribution in [0.3, 0.4) is 0 Å². The lowest BCUT2D eigenvalue weighted by atomic mass is 9.83. The maximum Gasteiger partial charge on any atom is 0.223 e. The van der Waals surface area contributed by atoms with Gasteiger partial charge in [0.25, 0.3) is 0 Å². The van der Waals surface area contributed by atoms with E-state index in [1.165, 1.54) is 11.1 Å². The topological polar surface area (TPSA) is 29.1 Å². The fourth-order valence-electron chi connectivity index (χ4n) is 2.47. The molecule has 1 aromatic carbocycles. The molecule has 0 fully saturated rings. The summed E-state index contributed by atoms with van der Waals surface area (Å²) in [5, 5.41) is 2.98. The van der Waals surface area contributed by atoms with Crippen molar-refractivity contribution in [3.05, 3.63) is 35.4 Å². The monoisotopic (exact) mass is 241 g/mol. The van der Waals surface area contributed by atoms with Crippen molar-refractivity contribution in [1.29, 1.82) is 0 Å². The third kappa shape index (κ3) is 3.13. The Labute approximate surface area is 109 Å². The SMILES string of the molecule is C#CCCCNC(=O)C1CCc2ccccc2C1. The summed E-state index contributed by atoms with van der Waals surface area (Å²) in [5.74, 6) is 2.89. The highest BCUT2D eigenvalue weighted by Crippen LogP contribution is 2.25. The molecule has 0 bridgehead atoms. The molecule has 0 aliphatic heterocycles. The average molecular weight is 241 g/mol. The number of carbonyl (C=O) groups excluding carboxylic acids is 1. The molecule has 1 aliphatic carbocycles. The van der Waals surface area contributed by atoms with Crippen molar-refractivity contribution in [3.63, 3.8) is 0 Å². The van der Waals surface area contributed by atoms with Crippen molar-refractivity contribution < 1.29 is 4.79 Å². The molecule has 1 unspecified atom stereocenters. The van der Waals surface area contributed by atoms with Crippen LogP contribution in [-0.2, 0) is 17.6 Å². The molecule has 1 aromatic rings. The molecule has 0 saturated heterocycles. The fraction of sp³-hybridized carbons (Fsp3) is 0.438. The summed E-state index contributed by atoms with van der Waals surface area (Å²) in [6, 6.07) is 8.41. The lowest BCUT2D eigenvalue weighted by Crippen LogP contribution is -2.34. The van der Waals surface area contributed by atoms with Crippen molar-refractivity contribution in [2.24, 2.45) is 5.92 Å². The third-order valence-corrected chi connectivity index (χ3v) is 3.51. The molecular weight excluding hydrogens is 222 g/mol. The van der Waals surface area contributed by atoms with Gasteiger partial charge in [0.05, 0.1) is 0 Å². The number of fused-ring (bicyclic) bond motifs is 1. The minimum atomic E-state index is 0.130. The highest BCUT2D eigenvalue weighted by atomic mass is 16.1. The van der Waals surface area contributed by atoms with Crippen LogP contribution in [0, 0.1) is 18.3 Å². The number of hydrogen-bond acceptors (Lipinski definition) is 1. The summed E-state index contributed by atoms with van der Waals surface area (Å²) in [6.07, 6.45) is 9.62. The first-order valence-electron chi connectivity index (χ1n) is 6.59. The first-order chi connectivity index (χ1) is 8.81. The second-order valence-corrected chi connectivity index (χ2v) is 4.81. The van der Waals surface area contributed by atoms with Crippen LogP contribution in [0.25, 0.3) is 0 Å². The quantitative estimate of drug-likeness (QED) is 0.636. The summed E-state index contributed by atoms with van der Waals surface area (Å²) >= 11 is 0. The summed E-state index contributed by atoms with van der Waals surface area (Å²) in [6.45, 7) is 0.696. The second kappa shape index (κ2) is 6.26. The summed E-state index contributed by atoms with van der Waals surface area (Å²) in [7, 11) is 0. The van der Waals surface area contributed by atoms with Gasteiger partial charge in [-0.05, 0) is 36.8 Å². The van der Waals surface area contributed by atoms with Crippen LogP contribution in [0.2, 0.25) is 0 Å². The van der Waals surface area contributed by atoms with Gasteiger partial charge >= 0.3 is 0 Å². The average Bonchev–Trinajstić information content (AvgIpc) is 2.43. The van der Waals surface area contributed by atoms with Crippen LogP contribution in [0.1, 0.15) is 30.4 Å². The van der Waals surface area contributed by atoms with E-state index < -0.39 is 0 Å². The molecule has 1 atom stereocenters. The lowest BCUT2D eigenvalue weighted by molar-refractivity contribution is -0.125. The van der Waals surface area contributed by atoms with Gasteiger partial charge in [0.15, 0.2) is 0 Å². The molecule has 1 aliphatic rings. The standard InChI is InChI=1S/C16H19NO/c1-2-3-6-11-17-16(18)15-10-9-13-7-4-5-8-14(13)12-15/h1,4-5,7-8,15H,3,6,9-12H2,(H,17,18). The maximum atomic E-state index is 12.0. The maximum absolute atomic E-state index is 12.0. The van der Waals surface area contributed by atoms with E-state index in [9.17, 15) is 4.79 Å². The number of benzene rings is 1. The van der Waals surface area contributed by atoms with Gasteiger partial charge in [-0.1, -0.05) is 24.3 Å². The Morgan fingerprint density at radius 3 is 2.94 bits per heavy atom. The van der Waals surface area contributed by atoms with Gasteiger partial charge in [-0.15, -0.1) is 12.3 Å². The Kier molecular flexibility index (Phi) is 4.41. The molecule has 0 heterocycles. The normalized spacial score (nSPS) is 17.6. The summed E-state index contributed by atoms with van der Waals surface area (Å²) < 4.78 is 0. The molecule has 2 rings (SSSR count). The van der Waals surface area contributed by atoms with E-state index in [4.69, 9.17) is 6.42 Å². The molecule has 0 saturated carbocycles. The third-order valence-electron chi connectivity index (χ3n) is 3.51. The Morgan fingerprint density at radius 1 is 1.39 bits per heavy atom. The van der Waals surface area contributed by atoms with E-state index in [0.717, 1.165) is 32.1 Å². The summed E-state index contributed by atoms with van der Waals surface area (Å²) in [5.41, 5.74) is 2.72. The number of rotatable bonds is 4. The highest BCUT2D eigenvalue weighted by molar-refractivity contribution is 5.79. The highest BCUT2D eigenvalue weighted by Gasteiger charge is 2.23. The Bertz CT molecular complexity index is 458. The Morgan fingerprint density at radius 2 is 2.17 bits per heavy atom. The van der Waals surface area contributed by atoms with E-state index in [1.54, 1.807) is 0 Å². The molecule has 2 nitrogen and oxygen atoms in total. The van der Waals surface area contributed by atoms with E-state index in [2.05, 4.69) is 29.4 Å². The number of nitrogens with one attached hydrogen (secondary N) is 1. The van der Waals surface area contributed by atoms with Crippen LogP contribution in [0.15, 0.2) is 24.3 Å². The molecule has 0 aromatic heterocycles. The lowest BCUT2D eigenvalue weighted by Gasteiger charge is -2.23. The molecule has 1 N–H and O–H groups in total. The van der Waals surface area contributed by atoms with Crippen molar-refractivity contribution in [3.8, 4) is 12.3 Å². The van der Waals surface area contributed by atoms with E-state index >= 15 is 0 Å². The van der Waals surface area contributed by atoms with Crippen LogP contribution >= 0.6 is 0 Å². The van der Waals surface area contributed by atoms with E-state index in [1.807, 2.05) is 6.07 Å². The first-order valence-corrected chi connectivity index (χ1v) is 6.59. The smallest absolute Gasteiger partial charge is 0.223 e. The van der Waals surface area contributed by atoms with Gasteiger partial charge in [0.1, 0.15) is 0 Å². The number of carbonyl (C=O) groups is 1. The predicted molar refractivity (Wildman–Crippen MR) is 73.0 cm³/mol. The largest absolute Gasteiger partial charge is 0.356 e. The first kappa shape index (κ1) is 12.7. The van der Waals surface area contributed by atoms with Crippen molar-refractivity contribution in [1.82, 2.24) is 5.32 Å². The number of unbranched alkanes of at least 4 members (excludes halogenated alkanes) is 1. The minimum Gasteiger partial charge on any atom is -0.356 e. The zero-order valence-electron chi connectivity index (χ0n) is 10.6. The van der Waals surface area contributed by atoms with Crippen LogP contribution in [0.4, 0.5) is 0 Å². The van der Waals surface area contributed by atoms with Crippen molar-refractivity contribution in [2.45, 2.75) is 32.1 Å². The van der Waals surface area contributed by atoms with Gasteiger partial charge in [-0.3, -0.25) is 4.79 Å². The Hall–Kier alpha value is -1.75. The number of amides is 1. The number of hydrogen-bond donors (Lipinski definition) is 1. The molecular formula is C16H19NO. The fourth-order valence-corrected chi connectivity index (χ4v) is 2.47. The van der Waals surface area contributed by atoms with Gasteiger partial charge in [0.2, 0.25) is 5.91 Å². The molecule has 1 amide bonds. The molecule has 0 radical (unpaired) electrons. The molecule has 18 heavy (non-hydrogen) atoms. The molecule has 0 spiro atoms. The van der Waals surface area contributed by atoms with Gasteiger partial charge in [0, 0.05) is 18.9 Å². The predicted octanol–water partition coefficient (Wildman–Crippen LogP) is 2.32. The Balaban J connectivity index is 1.85. The minimum absolute atomic E-state index is 0.130. The van der Waals surface area contributed by atoms with E-state index in [-0.39, 0.29) is 11.8 Å². The van der Waals surface area contributed by atoms with Gasteiger partial charge in [-0.25, -0.2) is 0 Å². The van der Waals surface area contributed by atoms with Crippen molar-refractivity contribution in [2.75, 3.05) is 6.54 Å². The second-order valence-electron chi connectivity index (χ2n) is 4.81. The summed E-state index contributed by atoms with van der Waals surface area (Å²) in [4.78, 5) is 12.0. The van der Waals surface area contributed by atoms with Crippen LogP contribution in [0.5, 0.6) is 0 Å². The molecule has 94 valence electrons. The zero-order valence-corrected chi connectivity index (χ0v) is 10.6. The van der Waals surface area contributed by atoms with Crippen LogP contribution in [-0.4, -0.2) is 12.5 Å². The van der Waals surface area contributed by atoms with Crippen molar-refractivity contribution >= 4 is 5.91 Å². The molecule has 2 heteroatoms. The van der Waals surface area contributed by atoms with E-state index in [0.29, 0.717) is 6.54 Å². The van der Waals surface area contributed by atoms with Gasteiger partial charge in [-0.2, -0.15) is 0 Å². The zero-order chi connectivity index (χ0) is 12.8. The van der Waals surface area contributed by atoms with Crippen LogP contribution < -0.4 is 5.32 Å². The van der Waals surface area contributed by atoms with Gasteiger partial charge < -0.3 is 5.32 Å². The number of terminal acetylenes is 1.